The largest absolute Gasteiger partial charge is 0.382 e. The molecule has 0 unspecified atom stereocenters. The Morgan fingerprint density at radius 3 is 2.41 bits per heavy atom. The molecule has 2 heterocycles. The fourth-order valence-corrected chi connectivity index (χ4v) is 3.93. The number of hydrogen-bond donors (Lipinski definition) is 1. The van der Waals surface area contributed by atoms with E-state index in [0.717, 1.165) is 27.1 Å². The van der Waals surface area contributed by atoms with E-state index in [1.807, 2.05) is 6.07 Å². The molecule has 3 nitrogen and oxygen atoms in total. The Morgan fingerprint density at radius 2 is 1.70 bits per heavy atom. The van der Waals surface area contributed by atoms with Gasteiger partial charge in [-0.15, -0.1) is 0 Å². The van der Waals surface area contributed by atoms with Gasteiger partial charge in [-0.3, -0.25) is 4.40 Å². The van der Waals surface area contributed by atoms with Crippen molar-refractivity contribution in [1.82, 2.24) is 9.38 Å². The molecule has 1 saturated carbocycles. The number of fused-ring (bicyclic) bond motifs is 1. The summed E-state index contributed by atoms with van der Waals surface area (Å²) in [6, 6.07) is 23.9. The fraction of sp³-hybridized carbons (Fsp3) is 0.174. The van der Waals surface area contributed by atoms with Crippen LogP contribution in [0.2, 0.25) is 0 Å². The van der Waals surface area contributed by atoms with Gasteiger partial charge in [-0.1, -0.05) is 58.4 Å². The molecule has 0 aliphatic heterocycles. The molecule has 2 aromatic heterocycles. The minimum atomic E-state index is 0.642. The molecule has 134 valence electrons. The van der Waals surface area contributed by atoms with E-state index in [4.69, 9.17) is 4.98 Å². The summed E-state index contributed by atoms with van der Waals surface area (Å²) in [6.45, 7) is 0. The van der Waals surface area contributed by atoms with Crippen molar-refractivity contribution < 1.29 is 0 Å². The number of benzene rings is 2. The average Bonchev–Trinajstić information content (AvgIpc) is 3.04. The van der Waals surface area contributed by atoms with Crippen LogP contribution in [0, 0.1) is 0 Å². The van der Waals surface area contributed by atoms with Crippen LogP contribution >= 0.6 is 15.9 Å². The number of rotatable bonds is 4. The third-order valence-electron chi connectivity index (χ3n) is 5.27. The summed E-state index contributed by atoms with van der Waals surface area (Å²) in [5, 5.41) is 3.61. The van der Waals surface area contributed by atoms with E-state index in [1.54, 1.807) is 0 Å². The van der Waals surface area contributed by atoms with Crippen molar-refractivity contribution in [1.29, 1.82) is 0 Å². The van der Waals surface area contributed by atoms with Crippen molar-refractivity contribution in [2.24, 2.45) is 0 Å². The maximum Gasteiger partial charge on any atom is 0.139 e. The standard InChI is InChI=1S/C23H20BrN3/c24-18-13-14-27-21(15-18)26-22(23(27)17-5-2-1-3-6-17)16-9-11-20(12-10-16)25-19-7-4-8-19/h1-3,5-6,9-15,19,25H,4,7-8H2. The molecular formula is C23H20BrN3. The minimum Gasteiger partial charge on any atom is -0.382 e. The Morgan fingerprint density at radius 1 is 0.926 bits per heavy atom. The lowest BCUT2D eigenvalue weighted by Crippen LogP contribution is -2.26. The number of nitrogens with one attached hydrogen (secondary N) is 1. The van der Waals surface area contributed by atoms with Gasteiger partial charge in [-0.25, -0.2) is 4.98 Å². The monoisotopic (exact) mass is 417 g/mol. The second-order valence-corrected chi connectivity index (χ2v) is 8.01. The van der Waals surface area contributed by atoms with Gasteiger partial charge in [0.25, 0.3) is 0 Å². The zero-order valence-electron chi connectivity index (χ0n) is 14.9. The van der Waals surface area contributed by atoms with Crippen LogP contribution < -0.4 is 5.32 Å². The number of aromatic nitrogens is 2. The maximum atomic E-state index is 4.95. The van der Waals surface area contributed by atoms with Gasteiger partial charge < -0.3 is 5.32 Å². The molecule has 1 aliphatic rings. The quantitative estimate of drug-likeness (QED) is 0.416. The van der Waals surface area contributed by atoms with Crippen LogP contribution in [-0.2, 0) is 0 Å². The van der Waals surface area contributed by atoms with Crippen LogP contribution in [0.25, 0.3) is 28.2 Å². The van der Waals surface area contributed by atoms with Crippen molar-refractivity contribution >= 4 is 27.3 Å². The molecule has 1 N–H and O–H groups in total. The Hall–Kier alpha value is -2.59. The van der Waals surface area contributed by atoms with E-state index in [9.17, 15) is 0 Å². The Kier molecular flexibility index (Phi) is 4.21. The molecular weight excluding hydrogens is 398 g/mol. The summed E-state index contributed by atoms with van der Waals surface area (Å²) in [7, 11) is 0. The molecule has 1 aliphatic carbocycles. The van der Waals surface area contributed by atoms with Gasteiger partial charge in [0.1, 0.15) is 5.65 Å². The number of anilines is 1. The number of hydrogen-bond acceptors (Lipinski definition) is 2. The molecule has 0 atom stereocenters. The molecule has 4 aromatic rings. The highest BCUT2D eigenvalue weighted by Gasteiger charge is 2.18. The van der Waals surface area contributed by atoms with Gasteiger partial charge in [0.15, 0.2) is 0 Å². The van der Waals surface area contributed by atoms with Gasteiger partial charge >= 0.3 is 0 Å². The first-order chi connectivity index (χ1) is 13.3. The second kappa shape index (κ2) is 6.86. The number of pyridine rings is 1. The third kappa shape index (κ3) is 3.15. The summed E-state index contributed by atoms with van der Waals surface area (Å²) in [4.78, 5) is 4.95. The average molecular weight is 418 g/mol. The highest BCUT2D eigenvalue weighted by atomic mass is 79.9. The topological polar surface area (TPSA) is 29.3 Å². The Labute approximate surface area is 167 Å². The van der Waals surface area contributed by atoms with Crippen molar-refractivity contribution in [3.8, 4) is 22.5 Å². The van der Waals surface area contributed by atoms with Crippen LogP contribution in [0.4, 0.5) is 5.69 Å². The lowest BCUT2D eigenvalue weighted by atomic mass is 9.93. The van der Waals surface area contributed by atoms with Crippen molar-refractivity contribution in [2.45, 2.75) is 25.3 Å². The van der Waals surface area contributed by atoms with Crippen molar-refractivity contribution in [3.63, 3.8) is 0 Å². The lowest BCUT2D eigenvalue weighted by molar-refractivity contribution is 0.445. The lowest BCUT2D eigenvalue weighted by Gasteiger charge is -2.27. The zero-order valence-corrected chi connectivity index (χ0v) is 16.5. The number of halogens is 1. The molecule has 2 aromatic carbocycles. The summed E-state index contributed by atoms with van der Waals surface area (Å²) in [5.74, 6) is 0. The molecule has 1 fully saturated rings. The predicted octanol–water partition coefficient (Wildman–Crippen LogP) is 6.40. The smallest absolute Gasteiger partial charge is 0.139 e. The normalized spacial score (nSPS) is 14.3. The maximum absolute atomic E-state index is 4.95. The van der Waals surface area contributed by atoms with Crippen molar-refractivity contribution in [3.05, 3.63) is 77.4 Å². The van der Waals surface area contributed by atoms with Gasteiger partial charge in [0, 0.05) is 33.5 Å². The highest BCUT2D eigenvalue weighted by Crippen LogP contribution is 2.34. The first-order valence-corrected chi connectivity index (χ1v) is 10.2. The zero-order chi connectivity index (χ0) is 18.2. The molecule has 5 rings (SSSR count). The van der Waals surface area contributed by atoms with E-state index in [-0.39, 0.29) is 0 Å². The predicted molar refractivity (Wildman–Crippen MR) is 115 cm³/mol. The highest BCUT2D eigenvalue weighted by molar-refractivity contribution is 9.10. The summed E-state index contributed by atoms with van der Waals surface area (Å²) < 4.78 is 3.20. The van der Waals surface area contributed by atoms with Crippen LogP contribution in [0.1, 0.15) is 19.3 Å². The molecule has 4 heteroatoms. The molecule has 0 saturated heterocycles. The van der Waals surface area contributed by atoms with Gasteiger partial charge in [0.2, 0.25) is 0 Å². The molecule has 0 radical (unpaired) electrons. The van der Waals surface area contributed by atoms with E-state index in [2.05, 4.69) is 92.5 Å². The van der Waals surface area contributed by atoms with E-state index in [1.165, 1.54) is 30.5 Å². The number of imidazole rings is 1. The Bertz CT molecular complexity index is 1080. The molecule has 0 amide bonds. The first-order valence-electron chi connectivity index (χ1n) is 9.38. The van der Waals surface area contributed by atoms with Gasteiger partial charge in [-0.05, 0) is 43.5 Å². The number of nitrogens with zero attached hydrogens (tertiary/aromatic N) is 2. The molecule has 0 bridgehead atoms. The van der Waals surface area contributed by atoms with E-state index >= 15 is 0 Å². The van der Waals surface area contributed by atoms with Crippen LogP contribution in [-0.4, -0.2) is 15.4 Å². The second-order valence-electron chi connectivity index (χ2n) is 7.10. The summed E-state index contributed by atoms with van der Waals surface area (Å²) in [5.41, 5.74) is 6.56. The molecule has 0 spiro atoms. The van der Waals surface area contributed by atoms with Crippen molar-refractivity contribution in [2.75, 3.05) is 5.32 Å². The fourth-order valence-electron chi connectivity index (χ4n) is 3.61. The van der Waals surface area contributed by atoms with Gasteiger partial charge in [-0.2, -0.15) is 0 Å². The summed E-state index contributed by atoms with van der Waals surface area (Å²) in [6.07, 6.45) is 5.97. The third-order valence-corrected chi connectivity index (χ3v) is 5.76. The SMILES string of the molecule is Brc1ccn2c(-c3ccccc3)c(-c3ccc(NC4CCC4)cc3)nc2c1. The first kappa shape index (κ1) is 16.6. The Balaban J connectivity index is 1.61. The van der Waals surface area contributed by atoms with Crippen LogP contribution in [0.5, 0.6) is 0 Å². The van der Waals surface area contributed by atoms with Crippen LogP contribution in [0.15, 0.2) is 77.4 Å². The van der Waals surface area contributed by atoms with Gasteiger partial charge in [0.05, 0.1) is 11.4 Å². The summed E-state index contributed by atoms with van der Waals surface area (Å²) >= 11 is 3.56. The van der Waals surface area contributed by atoms with Crippen LogP contribution in [0.3, 0.4) is 0 Å². The van der Waals surface area contributed by atoms with E-state index in [0.29, 0.717) is 6.04 Å². The van der Waals surface area contributed by atoms with E-state index < -0.39 is 0 Å². The minimum absolute atomic E-state index is 0.642. The molecule has 27 heavy (non-hydrogen) atoms.